The summed E-state index contributed by atoms with van der Waals surface area (Å²) in [5.41, 5.74) is -6.65. The van der Waals surface area contributed by atoms with Crippen molar-refractivity contribution in [3.63, 3.8) is 0 Å². The maximum atomic E-state index is 12.3. The maximum Gasteiger partial charge on any atom is 0.303 e. The van der Waals surface area contributed by atoms with Crippen LogP contribution >= 0.6 is 0 Å². The van der Waals surface area contributed by atoms with Crippen molar-refractivity contribution in [2.75, 3.05) is 7.11 Å². The summed E-state index contributed by atoms with van der Waals surface area (Å²) >= 11 is 0. The molecule has 4 aliphatic carbocycles. The number of rotatable bonds is 2. The number of aliphatic hydroxyl groups is 5. The van der Waals surface area contributed by atoms with Gasteiger partial charge in [-0.3, -0.25) is 4.79 Å². The van der Waals surface area contributed by atoms with E-state index in [4.69, 9.17) is 9.47 Å². The van der Waals surface area contributed by atoms with Crippen molar-refractivity contribution in [2.45, 2.75) is 102 Å². The minimum Gasteiger partial charge on any atom is -0.459 e. The van der Waals surface area contributed by atoms with Gasteiger partial charge in [-0.25, -0.2) is 0 Å². The summed E-state index contributed by atoms with van der Waals surface area (Å²) in [6.07, 6.45) is -2.64. The Kier molecular flexibility index (Phi) is 5.01. The van der Waals surface area contributed by atoms with E-state index in [1.165, 1.54) is 14.0 Å². The second kappa shape index (κ2) is 6.64. The molecule has 31 heavy (non-hydrogen) atoms. The Morgan fingerprint density at radius 1 is 1.00 bits per heavy atom. The number of fused-ring (bicyclic) bond motifs is 2. The van der Waals surface area contributed by atoms with Crippen LogP contribution in [0, 0.1) is 28.6 Å². The SMILES string of the molecule is CO[C@H]1[C@H](O)C(C)(C)[C@@]2(O)[C@H](OC(C)=O)C[C@]34C[C@@](C)(O)[C@H](CC[C@H]3[C@@](C)(O)[C@H]12)[C@H]4O. The highest BCUT2D eigenvalue weighted by Gasteiger charge is 2.79. The standard InChI is InChI=1S/C23H38O8/c1-11(24)31-14-9-22-10-20(4,27)12(17(22)25)7-8-13(22)21(5,28)16-15(30-6)18(26)19(2,3)23(14,16)29/h12-18,25-29H,7-10H2,1-6H3/t12-,13+,14-,15-,16+,17-,18+,20-,21-,22+,23-/m1/s1. The van der Waals surface area contributed by atoms with E-state index in [0.717, 1.165) is 0 Å². The molecule has 4 fully saturated rings. The van der Waals surface area contributed by atoms with E-state index in [-0.39, 0.29) is 18.8 Å². The van der Waals surface area contributed by atoms with Gasteiger partial charge in [0.05, 0.1) is 29.5 Å². The van der Waals surface area contributed by atoms with Crippen LogP contribution in [0.4, 0.5) is 0 Å². The summed E-state index contributed by atoms with van der Waals surface area (Å²) in [5.74, 6) is -2.42. The molecule has 8 nitrogen and oxygen atoms in total. The average Bonchev–Trinajstić information content (AvgIpc) is 2.82. The zero-order valence-corrected chi connectivity index (χ0v) is 19.3. The number of hydrogen-bond donors (Lipinski definition) is 5. The Morgan fingerprint density at radius 3 is 2.16 bits per heavy atom. The summed E-state index contributed by atoms with van der Waals surface area (Å²) in [5, 5.41) is 58.1. The number of aliphatic hydroxyl groups excluding tert-OH is 2. The minimum atomic E-state index is -1.82. The first-order chi connectivity index (χ1) is 14.1. The van der Waals surface area contributed by atoms with Gasteiger partial charge in [0.15, 0.2) is 0 Å². The number of hydrogen-bond acceptors (Lipinski definition) is 8. The molecule has 4 rings (SSSR count). The quantitative estimate of drug-likeness (QED) is 0.387. The van der Waals surface area contributed by atoms with Crippen molar-refractivity contribution >= 4 is 5.97 Å². The number of ether oxygens (including phenoxy) is 2. The molecule has 4 saturated carbocycles. The van der Waals surface area contributed by atoms with Crippen LogP contribution in [-0.4, -0.2) is 79.8 Å². The lowest BCUT2D eigenvalue weighted by Gasteiger charge is -2.51. The lowest BCUT2D eigenvalue weighted by molar-refractivity contribution is -0.219. The molecular formula is C23H38O8. The van der Waals surface area contributed by atoms with E-state index in [9.17, 15) is 30.3 Å². The van der Waals surface area contributed by atoms with Crippen LogP contribution in [0.25, 0.3) is 0 Å². The number of esters is 1. The minimum absolute atomic E-state index is 0.0841. The van der Waals surface area contributed by atoms with Gasteiger partial charge in [-0.15, -0.1) is 0 Å². The molecule has 0 aromatic carbocycles. The first-order valence-corrected chi connectivity index (χ1v) is 11.3. The summed E-state index contributed by atoms with van der Waals surface area (Å²) in [4.78, 5) is 12.1. The summed E-state index contributed by atoms with van der Waals surface area (Å²) < 4.78 is 11.4. The van der Waals surface area contributed by atoms with Crippen molar-refractivity contribution in [3.8, 4) is 0 Å². The molecule has 4 aliphatic rings. The fourth-order valence-corrected chi connectivity index (χ4v) is 8.47. The Morgan fingerprint density at radius 2 is 1.61 bits per heavy atom. The fourth-order valence-electron chi connectivity index (χ4n) is 8.47. The molecule has 0 heterocycles. The number of carbonyl (C=O) groups excluding carboxylic acids is 1. The van der Waals surface area contributed by atoms with Gasteiger partial charge in [0.25, 0.3) is 0 Å². The van der Waals surface area contributed by atoms with Crippen LogP contribution in [0.2, 0.25) is 0 Å². The molecule has 5 N–H and O–H groups in total. The molecule has 0 unspecified atom stereocenters. The Bertz CT molecular complexity index is 763. The van der Waals surface area contributed by atoms with Gasteiger partial charge in [0, 0.05) is 36.7 Å². The van der Waals surface area contributed by atoms with Gasteiger partial charge < -0.3 is 35.0 Å². The molecule has 2 bridgehead atoms. The predicted octanol–water partition coefficient (Wildman–Crippen LogP) is 0.364. The highest BCUT2D eigenvalue weighted by Crippen LogP contribution is 2.70. The van der Waals surface area contributed by atoms with Gasteiger partial charge in [0.2, 0.25) is 0 Å². The number of carbonyl (C=O) groups is 1. The molecule has 1 spiro atoms. The predicted molar refractivity (Wildman–Crippen MR) is 110 cm³/mol. The van der Waals surface area contributed by atoms with Crippen LogP contribution in [-0.2, 0) is 14.3 Å². The molecule has 0 radical (unpaired) electrons. The highest BCUT2D eigenvalue weighted by molar-refractivity contribution is 5.66. The molecule has 11 atom stereocenters. The third-order valence-corrected chi connectivity index (χ3v) is 9.77. The van der Waals surface area contributed by atoms with E-state index in [1.807, 2.05) is 0 Å². The van der Waals surface area contributed by atoms with Crippen molar-refractivity contribution < 1.29 is 39.8 Å². The van der Waals surface area contributed by atoms with Crippen LogP contribution in [0.3, 0.4) is 0 Å². The van der Waals surface area contributed by atoms with Crippen molar-refractivity contribution in [2.24, 2.45) is 28.6 Å². The van der Waals surface area contributed by atoms with Gasteiger partial charge in [-0.1, -0.05) is 13.8 Å². The van der Waals surface area contributed by atoms with Gasteiger partial charge >= 0.3 is 5.97 Å². The van der Waals surface area contributed by atoms with Crippen molar-refractivity contribution in [3.05, 3.63) is 0 Å². The third kappa shape index (κ3) is 2.66. The molecule has 0 aromatic heterocycles. The second-order valence-electron chi connectivity index (χ2n) is 11.6. The zero-order valence-electron chi connectivity index (χ0n) is 19.3. The second-order valence-corrected chi connectivity index (χ2v) is 11.6. The van der Waals surface area contributed by atoms with Gasteiger partial charge in [0.1, 0.15) is 11.7 Å². The summed E-state index contributed by atoms with van der Waals surface area (Å²) in [6, 6.07) is 0. The van der Waals surface area contributed by atoms with E-state index in [0.29, 0.717) is 12.8 Å². The number of methoxy groups -OCH3 is 1. The van der Waals surface area contributed by atoms with Crippen LogP contribution in [0.1, 0.15) is 60.3 Å². The molecular weight excluding hydrogens is 404 g/mol. The lowest BCUT2D eigenvalue weighted by atomic mass is 9.57. The van der Waals surface area contributed by atoms with E-state index >= 15 is 0 Å². The van der Waals surface area contributed by atoms with E-state index in [2.05, 4.69) is 0 Å². The normalized spacial score (nSPS) is 57.7. The zero-order chi connectivity index (χ0) is 23.4. The van der Waals surface area contributed by atoms with Crippen LogP contribution < -0.4 is 0 Å². The van der Waals surface area contributed by atoms with Crippen molar-refractivity contribution in [1.82, 2.24) is 0 Å². The average molecular weight is 443 g/mol. The molecule has 178 valence electrons. The molecule has 0 aromatic rings. The molecule has 8 heteroatoms. The summed E-state index contributed by atoms with van der Waals surface area (Å²) in [7, 11) is 1.43. The van der Waals surface area contributed by atoms with Gasteiger partial charge in [-0.05, 0) is 45.4 Å². The monoisotopic (exact) mass is 442 g/mol. The van der Waals surface area contributed by atoms with Crippen LogP contribution in [0.5, 0.6) is 0 Å². The van der Waals surface area contributed by atoms with Gasteiger partial charge in [-0.2, -0.15) is 0 Å². The Balaban J connectivity index is 1.97. The third-order valence-electron chi connectivity index (χ3n) is 9.77. The van der Waals surface area contributed by atoms with Crippen LogP contribution in [0.15, 0.2) is 0 Å². The lowest BCUT2D eigenvalue weighted by Crippen LogP contribution is -2.62. The first kappa shape index (κ1) is 23.4. The smallest absolute Gasteiger partial charge is 0.303 e. The molecule has 0 aliphatic heterocycles. The summed E-state index contributed by atoms with van der Waals surface area (Å²) in [6.45, 7) is 7.97. The highest BCUT2D eigenvalue weighted by atomic mass is 16.6. The fraction of sp³-hybridized carbons (Fsp3) is 0.957. The Labute approximate surface area is 183 Å². The van der Waals surface area contributed by atoms with E-state index < -0.39 is 69.9 Å². The molecule has 0 saturated heterocycles. The van der Waals surface area contributed by atoms with E-state index in [1.54, 1.807) is 27.7 Å². The largest absolute Gasteiger partial charge is 0.459 e. The molecule has 0 amide bonds. The maximum absolute atomic E-state index is 12.3. The first-order valence-electron chi connectivity index (χ1n) is 11.3. The van der Waals surface area contributed by atoms with Crippen molar-refractivity contribution in [1.29, 1.82) is 0 Å². The topological polar surface area (TPSA) is 137 Å². The Hall–Kier alpha value is -0.770.